The van der Waals surface area contributed by atoms with Crippen molar-refractivity contribution in [2.24, 2.45) is 0 Å². The van der Waals surface area contributed by atoms with E-state index in [1.807, 2.05) is 509 Å². The molecule has 0 spiro atoms. The average molecular weight is 858 g/mol. The van der Waals surface area contributed by atoms with Gasteiger partial charge in [0.2, 0.25) is 0 Å². The van der Waals surface area contributed by atoms with Crippen LogP contribution in [0.1, 0.15) is 0 Å². The maximum atomic E-state index is 5.26. The molecular weight excluding hydrogens is 855 g/mol. The maximum absolute atomic E-state index is 5.26. The van der Waals surface area contributed by atoms with Crippen molar-refractivity contribution >= 4 is 523 Å². The van der Waals surface area contributed by atoms with Crippen molar-refractivity contribution < 1.29 is 0 Å². The zero-order chi connectivity index (χ0) is 56.4. The summed E-state index contributed by atoms with van der Waals surface area (Å²) in [5, 5.41) is 0. The summed E-state index contributed by atoms with van der Waals surface area (Å²) in [5.74, 6) is 0. The van der Waals surface area contributed by atoms with E-state index in [9.17, 15) is 0 Å². The van der Waals surface area contributed by atoms with Gasteiger partial charge in [0.1, 0.15) is 0 Å². The minimum absolute atomic E-state index is 1.50. The molecule has 0 unspecified atom stereocenters. The van der Waals surface area contributed by atoms with E-state index >= 15 is 0 Å². The van der Waals surface area contributed by atoms with Crippen LogP contribution in [0.3, 0.4) is 0 Å². The number of hydrogen-bond donors (Lipinski definition) is 0. The summed E-state index contributed by atoms with van der Waals surface area (Å²) < 4.78 is 0. The first-order chi connectivity index (χ1) is 39.4. The quantitative estimate of drug-likeness (QED) is 0.0543. The predicted molar refractivity (Wildman–Crippen MR) is 455 cm³/mol. The van der Waals surface area contributed by atoms with Crippen LogP contribution in [-0.4, -0.2) is 523 Å². The van der Waals surface area contributed by atoms with Crippen molar-refractivity contribution in [2.75, 3.05) is 0 Å². The molecule has 0 aromatic heterocycles. The molecule has 0 saturated heterocycles. The Morgan fingerprint density at radius 1 is 0.101 bits per heavy atom. The summed E-state index contributed by atoms with van der Waals surface area (Å²) >= 11 is 0. The summed E-state index contributed by atoms with van der Waals surface area (Å²) in [6.07, 6.45) is 0. The topological polar surface area (TPSA) is 0 Å². The molecule has 0 aromatic carbocycles. The van der Waals surface area contributed by atoms with Gasteiger partial charge in [-0.05, 0) is 0 Å². The summed E-state index contributed by atoms with van der Waals surface area (Å²) in [4.78, 5) is 0. The van der Waals surface area contributed by atoms with Gasteiger partial charge in [0.15, 0.2) is 0 Å². The van der Waals surface area contributed by atoms with Crippen LogP contribution in [0.2, 0.25) is 6.82 Å². The molecule has 0 nitrogen and oxygen atoms in total. The van der Waals surface area contributed by atoms with Crippen LogP contribution in [0.5, 0.6) is 0 Å². The van der Waals surface area contributed by atoms with Gasteiger partial charge in [-0.3, -0.25) is 0 Å². The molecule has 0 fully saturated rings. The number of hydrogen-bond acceptors (Lipinski definition) is 0. The van der Waals surface area contributed by atoms with Crippen LogP contribution in [0.15, 0.2) is 0 Å². The summed E-state index contributed by atoms with van der Waals surface area (Å²) in [6, 6.07) is 0. The van der Waals surface area contributed by atoms with Crippen LogP contribution in [0, 0.1) is 0 Å². The molecule has 0 rings (SSSR count). The monoisotopic (exact) mass is 874 g/mol. The van der Waals surface area contributed by atoms with Crippen LogP contribution >= 0.6 is 0 Å². The predicted octanol–water partition coefficient (Wildman–Crippen LogP) is -29.1. The second-order valence-corrected chi connectivity index (χ2v) is 15.0. The molecule has 0 saturated carbocycles. The summed E-state index contributed by atoms with van der Waals surface area (Å²) in [5.41, 5.74) is 0. The summed E-state index contributed by atoms with van der Waals surface area (Å²) in [6.45, 7) is 155. The first kappa shape index (κ1) is 84.1. The van der Waals surface area contributed by atoms with E-state index in [-0.39, 0.29) is 0 Å². The molecule has 0 heterocycles. The van der Waals surface area contributed by atoms with Gasteiger partial charge in [-0.1, -0.05) is 0 Å². The molecule has 0 atom stereocenters. The van der Waals surface area contributed by atoms with Crippen molar-refractivity contribution in [3.63, 3.8) is 0 Å². The van der Waals surface area contributed by atoms with Gasteiger partial charge in [-0.2, -0.15) is 0 Å². The van der Waals surface area contributed by atoms with E-state index in [0.29, 0.717) is 0 Å². The van der Waals surface area contributed by atoms with E-state index in [1.165, 1.54) is 6.69 Å². The molecule has 0 bridgehead atoms. The molecule has 79 heavy (non-hydrogen) atoms. The third-order valence-corrected chi connectivity index (χ3v) is 8.53. The van der Waals surface area contributed by atoms with Crippen LogP contribution in [0.25, 0.3) is 0 Å². The third-order valence-electron chi connectivity index (χ3n) is 8.53. The molecule has 0 amide bonds. The Bertz CT molecular complexity index is 2780. The fourth-order valence-electron chi connectivity index (χ4n) is 4.86. The average Bonchev–Trinajstić information content (AvgIpc) is 3.46. The van der Waals surface area contributed by atoms with Gasteiger partial charge in [0.05, 0.1) is 0 Å². The Kier molecular flexibility index (Phi) is 88.4. The second kappa shape index (κ2) is 83.1. The number of rotatable bonds is 38. The Labute approximate surface area is 524 Å². The molecule has 0 aliphatic rings. The summed E-state index contributed by atoms with van der Waals surface area (Å²) in [7, 11) is 5.26. The van der Waals surface area contributed by atoms with E-state index in [0.717, 1.165) is 0 Å². The van der Waals surface area contributed by atoms with Gasteiger partial charge >= 0.3 is 530 Å². The Hall–Kier alpha value is 5.06. The first-order valence-electron chi connectivity index (χ1n) is 26.2. The van der Waals surface area contributed by atoms with E-state index in [2.05, 4.69) is 0 Å². The fraction of sp³-hybridized carbons (Fsp3) is 1.00. The molecule has 1 radical (unpaired) electrons. The second-order valence-electron chi connectivity index (χ2n) is 15.0. The van der Waals surface area contributed by atoms with E-state index < -0.39 is 0 Å². The van der Waals surface area contributed by atoms with Crippen molar-refractivity contribution in [3.8, 4) is 0 Å². The Balaban J connectivity index is 4.10. The zero-order valence-corrected chi connectivity index (χ0v) is 46.0. The zero-order valence-electron chi connectivity index (χ0n) is 46.0. The molecular formula is CH3B78. The molecule has 0 aliphatic heterocycles. The van der Waals surface area contributed by atoms with Gasteiger partial charge in [0.25, 0.3) is 0 Å². The minimum atomic E-state index is 1.50. The van der Waals surface area contributed by atoms with Crippen LogP contribution < -0.4 is 0 Å². The fourth-order valence-corrected chi connectivity index (χ4v) is 4.86. The standard InChI is InChI=1S/CH3B78/c1-3-5-7-9-11-13-15-17-19-21-23-25-27-29-31-33-35-37-39-41-43-45-47-49-51-53-55-57-59-61-63-65-67-69-71-73-75-77-79-78-76-74-72-70-68-66-64-62-60-58-56-54-52-50-48-46-44-42-40-38-36-34-32-30-28-26-24-22-20-18-16-14-12-10-8-6-4-2/h1H3. The van der Waals surface area contributed by atoms with Crippen molar-refractivity contribution in [3.05, 3.63) is 0 Å². The molecule has 0 N–H and O–H groups in total. The van der Waals surface area contributed by atoms with E-state index in [4.69, 9.17) is 7.37 Å². The van der Waals surface area contributed by atoms with E-state index in [1.54, 1.807) is 6.69 Å². The van der Waals surface area contributed by atoms with Crippen LogP contribution in [0.4, 0.5) is 0 Å². The van der Waals surface area contributed by atoms with Gasteiger partial charge < -0.3 is 0 Å². The van der Waals surface area contributed by atoms with Crippen molar-refractivity contribution in [1.82, 2.24) is 0 Å². The van der Waals surface area contributed by atoms with Gasteiger partial charge in [-0.25, -0.2) is 0 Å². The molecule has 0 aliphatic carbocycles. The van der Waals surface area contributed by atoms with Gasteiger partial charge in [0, 0.05) is 0 Å². The Morgan fingerprint density at radius 3 is 0.228 bits per heavy atom. The molecule has 0 aromatic rings. The molecule has 78 heteroatoms. The SMILES string of the molecule is [B]=BB=BB=BB=BB=BB=BB=BB=BB=BB=BB=BB=BB=BB=BB=BB=BB=BB=BB=BB=BB=BB=BB=BB=BB=BB=BB=BB=BB=BB=BB=BB=BB=BB=BB=BB=BB=BB=BB=BC. The Morgan fingerprint density at radius 2 is 0.165 bits per heavy atom. The van der Waals surface area contributed by atoms with Crippen molar-refractivity contribution in [1.29, 1.82) is 0 Å². The molecule has 241 valence electrons. The first-order valence-corrected chi connectivity index (χ1v) is 26.2. The van der Waals surface area contributed by atoms with Gasteiger partial charge in [-0.15, -0.1) is 0 Å². The third kappa shape index (κ3) is 83.1. The van der Waals surface area contributed by atoms with Crippen molar-refractivity contribution in [2.45, 2.75) is 6.82 Å². The normalized spacial score (nSPS) is 7.80. The van der Waals surface area contributed by atoms with Crippen LogP contribution in [-0.2, 0) is 0 Å².